The Morgan fingerprint density at radius 2 is 1.75 bits per heavy atom. The molecule has 0 heterocycles. The van der Waals surface area contributed by atoms with Crippen molar-refractivity contribution in [1.82, 2.24) is 0 Å². The predicted octanol–water partition coefficient (Wildman–Crippen LogP) is 3.20. The minimum atomic E-state index is -4.17. The van der Waals surface area contributed by atoms with Gasteiger partial charge in [0.15, 0.2) is 0 Å². The van der Waals surface area contributed by atoms with E-state index in [1.54, 1.807) is 19.1 Å². The van der Waals surface area contributed by atoms with E-state index < -0.39 is 20.0 Å². The minimum absolute atomic E-state index is 0.159. The molecule has 0 aromatic heterocycles. The molecule has 0 aliphatic carbocycles. The first-order valence-corrected chi connectivity index (χ1v) is 6.53. The van der Waals surface area contributed by atoms with Crippen molar-refractivity contribution in [3.63, 3.8) is 0 Å². The van der Waals surface area contributed by atoms with E-state index in [1.165, 1.54) is 12.1 Å². The van der Waals surface area contributed by atoms with Gasteiger partial charge < -0.3 is 4.18 Å². The standard InChI is InChI=1S/C9H7F2IO3S/c1-6-2-4-7(5-3-6)16(13,14)15-9(12)8(10)11/h2-5H,1H3. The van der Waals surface area contributed by atoms with Gasteiger partial charge in [-0.2, -0.15) is 17.2 Å². The molecule has 0 radical (unpaired) electrons. The van der Waals surface area contributed by atoms with Gasteiger partial charge in [-0.15, -0.1) is 0 Å². The maximum Gasteiger partial charge on any atom is 0.339 e. The van der Waals surface area contributed by atoms with E-state index in [2.05, 4.69) is 4.18 Å². The number of rotatable bonds is 3. The molecule has 0 aliphatic rings. The van der Waals surface area contributed by atoms with Gasteiger partial charge in [-0.25, -0.2) is 0 Å². The lowest BCUT2D eigenvalue weighted by atomic mass is 10.2. The highest BCUT2D eigenvalue weighted by Crippen LogP contribution is 2.23. The Hall–Kier alpha value is -0.700. The second-order valence-corrected chi connectivity index (χ2v) is 5.41. The van der Waals surface area contributed by atoms with Crippen molar-refractivity contribution in [1.29, 1.82) is 0 Å². The van der Waals surface area contributed by atoms with E-state index in [0.717, 1.165) is 28.2 Å². The van der Waals surface area contributed by atoms with Crippen LogP contribution in [-0.2, 0) is 14.3 Å². The molecular weight excluding hydrogens is 353 g/mol. The highest BCUT2D eigenvalue weighted by atomic mass is 127. The summed E-state index contributed by atoms with van der Waals surface area (Å²) in [5.41, 5.74) is 0.862. The molecule has 1 rings (SSSR count). The van der Waals surface area contributed by atoms with Gasteiger partial charge in [-0.1, -0.05) is 17.7 Å². The molecule has 0 aliphatic heterocycles. The lowest BCUT2D eigenvalue weighted by Gasteiger charge is -2.05. The van der Waals surface area contributed by atoms with E-state index >= 15 is 0 Å². The Morgan fingerprint density at radius 3 is 2.19 bits per heavy atom. The fraction of sp³-hybridized carbons (Fsp3) is 0.111. The van der Waals surface area contributed by atoms with Gasteiger partial charge in [0.05, 0.1) is 0 Å². The van der Waals surface area contributed by atoms with Crippen LogP contribution in [0, 0.1) is 6.92 Å². The Labute approximate surface area is 105 Å². The Morgan fingerprint density at radius 1 is 1.25 bits per heavy atom. The Balaban J connectivity index is 3.04. The molecule has 0 unspecified atom stereocenters. The summed E-state index contributed by atoms with van der Waals surface area (Å²) in [5.74, 6) is 0. The van der Waals surface area contributed by atoms with Crippen molar-refractivity contribution in [3.05, 3.63) is 39.7 Å². The third-order valence-electron chi connectivity index (χ3n) is 1.64. The molecule has 7 heteroatoms. The second-order valence-electron chi connectivity index (χ2n) is 2.88. The summed E-state index contributed by atoms with van der Waals surface area (Å²) in [6, 6.07) is 5.70. The van der Waals surface area contributed by atoms with Crippen LogP contribution in [0.25, 0.3) is 0 Å². The normalized spacial score (nSPS) is 11.0. The monoisotopic (exact) mass is 360 g/mol. The molecule has 1 aromatic rings. The maximum absolute atomic E-state index is 12.0. The first-order chi connectivity index (χ1) is 7.33. The first kappa shape index (κ1) is 13.4. The van der Waals surface area contributed by atoms with Crippen LogP contribution in [0.2, 0.25) is 0 Å². The van der Waals surface area contributed by atoms with Crippen molar-refractivity contribution in [3.8, 4) is 0 Å². The highest BCUT2D eigenvalue weighted by Gasteiger charge is 2.19. The molecule has 0 fully saturated rings. The fourth-order valence-electron chi connectivity index (χ4n) is 0.881. The van der Waals surface area contributed by atoms with Crippen LogP contribution in [-0.4, -0.2) is 8.42 Å². The SMILES string of the molecule is Cc1ccc(S(=O)(=O)OC(I)=C(F)F)cc1. The van der Waals surface area contributed by atoms with Crippen LogP contribution in [0.3, 0.4) is 0 Å². The predicted molar refractivity (Wildman–Crippen MR) is 62.7 cm³/mol. The number of aryl methyl sites for hydroxylation is 1. The van der Waals surface area contributed by atoms with Gasteiger partial charge in [0.2, 0.25) is 3.77 Å². The summed E-state index contributed by atoms with van der Waals surface area (Å²) in [6.07, 6.45) is -2.17. The molecular formula is C9H7F2IO3S. The largest absolute Gasteiger partial charge is 0.367 e. The van der Waals surface area contributed by atoms with Crippen LogP contribution in [0.15, 0.2) is 39.0 Å². The molecule has 0 amide bonds. The van der Waals surface area contributed by atoms with Crippen molar-refractivity contribution in [2.24, 2.45) is 0 Å². The lowest BCUT2D eigenvalue weighted by Crippen LogP contribution is -2.04. The number of benzene rings is 1. The molecule has 3 nitrogen and oxygen atoms in total. The molecule has 1 aromatic carbocycles. The quantitative estimate of drug-likeness (QED) is 0.472. The summed E-state index contributed by atoms with van der Waals surface area (Å²) in [5, 5.41) is 0. The summed E-state index contributed by atoms with van der Waals surface area (Å²) < 4.78 is 50.2. The highest BCUT2D eigenvalue weighted by molar-refractivity contribution is 14.1. The zero-order chi connectivity index (χ0) is 12.3. The molecule has 0 saturated heterocycles. The van der Waals surface area contributed by atoms with E-state index in [4.69, 9.17) is 0 Å². The Kier molecular flexibility index (Phi) is 4.25. The zero-order valence-electron chi connectivity index (χ0n) is 8.08. The van der Waals surface area contributed by atoms with E-state index in [9.17, 15) is 17.2 Å². The summed E-state index contributed by atoms with van der Waals surface area (Å²) >= 11 is 1.12. The number of halogens is 3. The topological polar surface area (TPSA) is 43.4 Å². The molecule has 0 spiro atoms. The second kappa shape index (κ2) is 5.09. The third kappa shape index (κ3) is 3.41. The van der Waals surface area contributed by atoms with Gasteiger partial charge in [-0.3, -0.25) is 0 Å². The summed E-state index contributed by atoms with van der Waals surface area (Å²) in [6.45, 7) is 1.78. The molecule has 0 bridgehead atoms. The smallest absolute Gasteiger partial charge is 0.339 e. The lowest BCUT2D eigenvalue weighted by molar-refractivity contribution is 0.357. The average Bonchev–Trinajstić information content (AvgIpc) is 2.17. The van der Waals surface area contributed by atoms with Gasteiger partial charge >= 0.3 is 16.2 Å². The minimum Gasteiger partial charge on any atom is -0.367 e. The van der Waals surface area contributed by atoms with Crippen LogP contribution in [0.1, 0.15) is 5.56 Å². The van der Waals surface area contributed by atoms with Crippen molar-refractivity contribution < 1.29 is 21.4 Å². The molecule has 88 valence electrons. The fourth-order valence-corrected chi connectivity index (χ4v) is 2.41. The van der Waals surface area contributed by atoms with E-state index in [-0.39, 0.29) is 4.90 Å². The van der Waals surface area contributed by atoms with Gasteiger partial charge in [-0.05, 0) is 19.1 Å². The van der Waals surface area contributed by atoms with Gasteiger partial charge in [0.25, 0.3) is 0 Å². The number of hydrogen-bond acceptors (Lipinski definition) is 3. The average molecular weight is 360 g/mol. The van der Waals surface area contributed by atoms with Crippen molar-refractivity contribution >= 4 is 32.7 Å². The van der Waals surface area contributed by atoms with E-state index in [0.29, 0.717) is 0 Å². The van der Waals surface area contributed by atoms with E-state index in [1.807, 2.05) is 0 Å². The molecule has 0 N–H and O–H groups in total. The zero-order valence-corrected chi connectivity index (χ0v) is 11.1. The Bertz CT molecular complexity index is 504. The molecule has 0 saturated carbocycles. The number of hydrogen-bond donors (Lipinski definition) is 0. The maximum atomic E-state index is 12.0. The van der Waals surface area contributed by atoms with Crippen LogP contribution in [0.5, 0.6) is 0 Å². The molecule has 16 heavy (non-hydrogen) atoms. The van der Waals surface area contributed by atoms with Crippen molar-refractivity contribution in [2.75, 3.05) is 0 Å². The first-order valence-electron chi connectivity index (χ1n) is 4.05. The third-order valence-corrected chi connectivity index (χ3v) is 3.80. The van der Waals surface area contributed by atoms with Crippen LogP contribution < -0.4 is 0 Å². The van der Waals surface area contributed by atoms with Crippen LogP contribution >= 0.6 is 22.6 Å². The van der Waals surface area contributed by atoms with Gasteiger partial charge in [0, 0.05) is 22.6 Å². The van der Waals surface area contributed by atoms with Crippen molar-refractivity contribution in [2.45, 2.75) is 11.8 Å². The summed E-state index contributed by atoms with van der Waals surface area (Å²) in [7, 11) is -4.17. The van der Waals surface area contributed by atoms with Gasteiger partial charge in [0.1, 0.15) is 4.90 Å². The molecule has 0 atom stereocenters. The summed E-state index contributed by atoms with van der Waals surface area (Å²) in [4.78, 5) is -0.159. The van der Waals surface area contributed by atoms with Crippen LogP contribution in [0.4, 0.5) is 8.78 Å².